The van der Waals surface area contributed by atoms with E-state index in [1.165, 1.54) is 6.08 Å². The third kappa shape index (κ3) is 4.76. The lowest BCUT2D eigenvalue weighted by Gasteiger charge is -2.31. The van der Waals surface area contributed by atoms with Crippen LogP contribution in [0.25, 0.3) is 0 Å². The van der Waals surface area contributed by atoms with Crippen LogP contribution in [0.2, 0.25) is 0 Å². The summed E-state index contributed by atoms with van der Waals surface area (Å²) in [7, 11) is 0. The van der Waals surface area contributed by atoms with Crippen molar-refractivity contribution in [1.82, 2.24) is 16.0 Å². The van der Waals surface area contributed by atoms with Crippen molar-refractivity contribution in [2.24, 2.45) is 5.73 Å². The van der Waals surface area contributed by atoms with Crippen molar-refractivity contribution >= 4 is 17.7 Å². The molecule has 9 nitrogen and oxygen atoms in total. The van der Waals surface area contributed by atoms with E-state index in [9.17, 15) is 24.6 Å². The van der Waals surface area contributed by atoms with Crippen molar-refractivity contribution in [3.8, 4) is 0 Å². The Hall–Kier alpha value is -1.97. The van der Waals surface area contributed by atoms with Crippen LogP contribution >= 0.6 is 0 Å². The molecule has 1 aliphatic carbocycles. The van der Waals surface area contributed by atoms with Gasteiger partial charge in [0.1, 0.15) is 6.10 Å². The van der Waals surface area contributed by atoms with Crippen LogP contribution in [0.15, 0.2) is 11.6 Å². The molecule has 0 radical (unpaired) electrons. The summed E-state index contributed by atoms with van der Waals surface area (Å²) in [5, 5.41) is 28.2. The highest BCUT2D eigenvalue weighted by Gasteiger charge is 2.35. The lowest BCUT2D eigenvalue weighted by molar-refractivity contribution is -0.125. The summed E-state index contributed by atoms with van der Waals surface area (Å²) in [6, 6.07) is -1.17. The predicted molar refractivity (Wildman–Crippen MR) is 84.5 cm³/mol. The maximum Gasteiger partial charge on any atom is 0.247 e. The Bertz CT molecular complexity index is 530. The van der Waals surface area contributed by atoms with E-state index >= 15 is 0 Å². The summed E-state index contributed by atoms with van der Waals surface area (Å²) in [6.07, 6.45) is 0.698. The Balaban J connectivity index is 1.98. The van der Waals surface area contributed by atoms with Crippen molar-refractivity contribution in [2.45, 2.75) is 50.0 Å². The number of aliphatic hydroxyl groups is 2. The van der Waals surface area contributed by atoms with Crippen molar-refractivity contribution in [2.75, 3.05) is 13.1 Å². The molecule has 2 rings (SSSR count). The van der Waals surface area contributed by atoms with Crippen LogP contribution in [0.1, 0.15) is 25.7 Å². The van der Waals surface area contributed by atoms with Gasteiger partial charge in [0.05, 0.1) is 18.2 Å². The van der Waals surface area contributed by atoms with Gasteiger partial charge in [-0.2, -0.15) is 0 Å². The van der Waals surface area contributed by atoms with Crippen molar-refractivity contribution in [1.29, 1.82) is 0 Å². The largest absolute Gasteiger partial charge is 0.390 e. The van der Waals surface area contributed by atoms with Crippen LogP contribution in [-0.4, -0.2) is 65.3 Å². The highest BCUT2D eigenvalue weighted by Crippen LogP contribution is 2.20. The highest BCUT2D eigenvalue weighted by molar-refractivity contribution is 5.94. The Morgan fingerprint density at radius 2 is 2.08 bits per heavy atom. The number of nitrogens with two attached hydrogens (primary N) is 1. The van der Waals surface area contributed by atoms with Gasteiger partial charge in [0, 0.05) is 25.0 Å². The molecule has 0 aromatic heterocycles. The quantitative estimate of drug-likeness (QED) is 0.308. The van der Waals surface area contributed by atoms with Gasteiger partial charge in [-0.1, -0.05) is 6.08 Å². The molecular formula is C15H24N4O5. The van der Waals surface area contributed by atoms with Crippen molar-refractivity contribution < 1.29 is 24.6 Å². The molecule has 2 aliphatic rings. The number of carbonyl (C=O) groups is 3. The first kappa shape index (κ1) is 18.4. The summed E-state index contributed by atoms with van der Waals surface area (Å²) in [5.74, 6) is -1.26. The summed E-state index contributed by atoms with van der Waals surface area (Å²) in [6.45, 7) is 0.852. The molecule has 4 atom stereocenters. The second kappa shape index (κ2) is 8.22. The SMILES string of the molecule is NC(=O)CCNC(=O)C1=C[C@@H](NC(=O)[C@H]2CCCN2)[C@@H](O)[C@H](O)C1. The molecule has 24 heavy (non-hydrogen) atoms. The van der Waals surface area contributed by atoms with E-state index < -0.39 is 30.1 Å². The number of hydrogen-bond donors (Lipinski definition) is 6. The fourth-order valence-electron chi connectivity index (χ4n) is 2.85. The highest BCUT2D eigenvalue weighted by atomic mass is 16.3. The zero-order valence-corrected chi connectivity index (χ0v) is 13.3. The first-order valence-electron chi connectivity index (χ1n) is 8.05. The first-order chi connectivity index (χ1) is 11.4. The Labute approximate surface area is 139 Å². The molecule has 1 saturated heterocycles. The zero-order valence-electron chi connectivity index (χ0n) is 13.3. The maximum absolute atomic E-state index is 12.1. The molecule has 1 aliphatic heterocycles. The Morgan fingerprint density at radius 3 is 2.71 bits per heavy atom. The Morgan fingerprint density at radius 1 is 1.33 bits per heavy atom. The number of hydrogen-bond acceptors (Lipinski definition) is 6. The van der Waals surface area contributed by atoms with Gasteiger partial charge in [0.15, 0.2) is 0 Å². The number of primary amides is 1. The van der Waals surface area contributed by atoms with Crippen LogP contribution in [0, 0.1) is 0 Å². The van der Waals surface area contributed by atoms with E-state index in [4.69, 9.17) is 5.73 Å². The van der Waals surface area contributed by atoms with Crippen LogP contribution in [-0.2, 0) is 14.4 Å². The third-order valence-electron chi connectivity index (χ3n) is 4.21. The smallest absolute Gasteiger partial charge is 0.247 e. The average Bonchev–Trinajstić information content (AvgIpc) is 3.05. The van der Waals surface area contributed by atoms with E-state index in [0.717, 1.165) is 13.0 Å². The van der Waals surface area contributed by atoms with Crippen molar-refractivity contribution in [3.63, 3.8) is 0 Å². The summed E-state index contributed by atoms with van der Waals surface area (Å²) in [5.41, 5.74) is 5.25. The van der Waals surface area contributed by atoms with Gasteiger partial charge >= 0.3 is 0 Å². The number of rotatable bonds is 6. The molecular weight excluding hydrogens is 316 g/mol. The normalized spacial score (nSPS) is 29.7. The van der Waals surface area contributed by atoms with Gasteiger partial charge in [0.2, 0.25) is 17.7 Å². The van der Waals surface area contributed by atoms with Gasteiger partial charge in [-0.15, -0.1) is 0 Å². The van der Waals surface area contributed by atoms with Gasteiger partial charge in [-0.3, -0.25) is 14.4 Å². The predicted octanol–water partition coefficient (Wildman–Crippen LogP) is -2.73. The molecule has 0 bridgehead atoms. The van der Waals surface area contributed by atoms with Gasteiger partial charge in [0.25, 0.3) is 0 Å². The molecule has 1 heterocycles. The second-order valence-corrected chi connectivity index (χ2v) is 6.11. The van der Waals surface area contributed by atoms with Gasteiger partial charge in [-0.05, 0) is 19.4 Å². The summed E-state index contributed by atoms with van der Waals surface area (Å²) >= 11 is 0. The lowest BCUT2D eigenvalue weighted by Crippen LogP contribution is -2.54. The minimum atomic E-state index is -1.18. The second-order valence-electron chi connectivity index (χ2n) is 6.11. The van der Waals surface area contributed by atoms with Crippen molar-refractivity contribution in [3.05, 3.63) is 11.6 Å². The van der Waals surface area contributed by atoms with Crippen LogP contribution in [0.3, 0.4) is 0 Å². The monoisotopic (exact) mass is 340 g/mol. The van der Waals surface area contributed by atoms with E-state index in [1.54, 1.807) is 0 Å². The molecule has 0 aromatic carbocycles. The molecule has 9 heteroatoms. The first-order valence-corrected chi connectivity index (χ1v) is 8.05. The number of amides is 3. The standard InChI is InChI=1S/C15H24N4O5/c16-12(21)3-5-18-14(23)8-6-10(13(22)11(20)7-8)19-15(24)9-2-1-4-17-9/h6,9-11,13,17,20,22H,1-5,7H2,(H2,16,21)(H,18,23)(H,19,24)/t9-,10-,11-,13-/m1/s1. The minimum absolute atomic E-state index is 0.0116. The zero-order chi connectivity index (χ0) is 17.7. The summed E-state index contributed by atoms with van der Waals surface area (Å²) in [4.78, 5) is 34.9. The fraction of sp³-hybridized carbons (Fsp3) is 0.667. The molecule has 0 saturated carbocycles. The number of nitrogens with one attached hydrogen (secondary N) is 3. The third-order valence-corrected chi connectivity index (χ3v) is 4.21. The molecule has 0 aromatic rings. The molecule has 3 amide bonds. The lowest BCUT2D eigenvalue weighted by atomic mass is 9.89. The van der Waals surface area contributed by atoms with Crippen LogP contribution < -0.4 is 21.7 Å². The number of aliphatic hydroxyl groups excluding tert-OH is 2. The van der Waals surface area contributed by atoms with Crippen LogP contribution in [0.5, 0.6) is 0 Å². The molecule has 0 unspecified atom stereocenters. The van der Waals surface area contributed by atoms with E-state index in [-0.39, 0.29) is 36.9 Å². The van der Waals surface area contributed by atoms with E-state index in [2.05, 4.69) is 16.0 Å². The van der Waals surface area contributed by atoms with E-state index in [1.807, 2.05) is 0 Å². The topological polar surface area (TPSA) is 154 Å². The van der Waals surface area contributed by atoms with Gasteiger partial charge in [-0.25, -0.2) is 0 Å². The maximum atomic E-state index is 12.1. The average molecular weight is 340 g/mol. The summed E-state index contributed by atoms with van der Waals surface area (Å²) < 4.78 is 0. The van der Waals surface area contributed by atoms with E-state index in [0.29, 0.717) is 6.42 Å². The van der Waals surface area contributed by atoms with Crippen LogP contribution in [0.4, 0.5) is 0 Å². The molecule has 7 N–H and O–H groups in total. The molecule has 134 valence electrons. The Kier molecular flexibility index (Phi) is 6.29. The minimum Gasteiger partial charge on any atom is -0.390 e. The molecule has 1 fully saturated rings. The molecule has 0 spiro atoms. The number of carbonyl (C=O) groups excluding carboxylic acids is 3. The van der Waals surface area contributed by atoms with Gasteiger partial charge < -0.3 is 31.9 Å². The fourth-order valence-corrected chi connectivity index (χ4v) is 2.85.